The van der Waals surface area contributed by atoms with Crippen LogP contribution in [0.5, 0.6) is 5.75 Å². The van der Waals surface area contributed by atoms with Crippen molar-refractivity contribution in [3.63, 3.8) is 0 Å². The van der Waals surface area contributed by atoms with E-state index in [4.69, 9.17) is 26.4 Å². The second-order valence-electron chi connectivity index (χ2n) is 11.5. The Hall–Kier alpha value is -2.68. The number of benzene rings is 1. The molecule has 6 nitrogen and oxygen atoms in total. The van der Waals surface area contributed by atoms with Crippen molar-refractivity contribution in [2.45, 2.75) is 60.0 Å². The number of ether oxygens (including phenoxy) is 1. The molecule has 4 rings (SSSR count). The first-order chi connectivity index (χ1) is 17.2. The standard InChI is InChI=1S/C29H34N2O4S2/c1-27(2,3)20-14-19(15-29(33,16-20)28(4,5)6)25-30-21(17-35-25)11-12-34-22-9-7-18(8-10-22)13-23-24(32)31-26(36)37-23/h7-10,13-14,16-17,33H,11-12,15H2,1-6H3,(H,31,32,36)/b23-13-. The zero-order valence-corrected chi connectivity index (χ0v) is 23.8. The zero-order chi connectivity index (χ0) is 27.0. The minimum atomic E-state index is -0.994. The van der Waals surface area contributed by atoms with Gasteiger partial charge in [0.1, 0.15) is 16.3 Å². The van der Waals surface area contributed by atoms with Crippen molar-refractivity contribution >= 4 is 45.9 Å². The lowest BCUT2D eigenvalue weighted by molar-refractivity contribution is -0.115. The molecule has 1 aromatic heterocycles. The fraction of sp³-hybridized carbons (Fsp3) is 0.414. The number of carbonyl (C=O) groups excluding carboxylic acids is 1. The van der Waals surface area contributed by atoms with Crippen LogP contribution in [0.15, 0.2) is 57.6 Å². The first kappa shape index (κ1) is 27.4. The number of nitrogens with one attached hydrogen (secondary N) is 1. The third-order valence-electron chi connectivity index (χ3n) is 6.62. The van der Waals surface area contributed by atoms with E-state index in [1.54, 1.807) is 12.3 Å². The minimum Gasteiger partial charge on any atom is -0.493 e. The third kappa shape index (κ3) is 6.43. The molecule has 1 amide bonds. The van der Waals surface area contributed by atoms with Crippen molar-refractivity contribution in [1.82, 2.24) is 10.3 Å². The smallest absolute Gasteiger partial charge is 0.263 e. The third-order valence-corrected chi connectivity index (χ3v) is 7.78. The number of oxazole rings is 1. The van der Waals surface area contributed by atoms with Gasteiger partial charge in [-0.2, -0.15) is 0 Å². The van der Waals surface area contributed by atoms with Crippen LogP contribution in [0.25, 0.3) is 11.6 Å². The highest BCUT2D eigenvalue weighted by Gasteiger charge is 2.43. The van der Waals surface area contributed by atoms with Crippen LogP contribution < -0.4 is 10.1 Å². The average Bonchev–Trinajstić information content (AvgIpc) is 3.39. The maximum Gasteiger partial charge on any atom is 0.263 e. The van der Waals surface area contributed by atoms with E-state index in [9.17, 15) is 9.90 Å². The van der Waals surface area contributed by atoms with Crippen LogP contribution in [0, 0.1) is 10.8 Å². The van der Waals surface area contributed by atoms with Gasteiger partial charge in [-0.1, -0.05) is 77.7 Å². The van der Waals surface area contributed by atoms with E-state index in [-0.39, 0.29) is 16.7 Å². The minimum absolute atomic E-state index is 0.116. The molecule has 0 radical (unpaired) electrons. The molecular formula is C29H34N2O4S2. The number of aliphatic hydroxyl groups is 1. The van der Waals surface area contributed by atoms with Crippen LogP contribution in [0.3, 0.4) is 0 Å². The van der Waals surface area contributed by atoms with Crippen LogP contribution in [-0.2, 0) is 11.2 Å². The Balaban J connectivity index is 1.39. The van der Waals surface area contributed by atoms with Crippen molar-refractivity contribution < 1.29 is 19.1 Å². The Morgan fingerprint density at radius 2 is 1.92 bits per heavy atom. The topological polar surface area (TPSA) is 84.6 Å². The summed E-state index contributed by atoms with van der Waals surface area (Å²) in [6.07, 6.45) is 8.61. The van der Waals surface area contributed by atoms with E-state index in [1.807, 2.05) is 51.1 Å². The van der Waals surface area contributed by atoms with E-state index in [2.05, 4.69) is 32.2 Å². The normalized spacial score (nSPS) is 21.6. The SMILES string of the molecule is CC(C)(C)C1=CC(O)(C(C)(C)C)CC(c2nc(CCOc3ccc(/C=C4\SC(=S)NC4=O)cc3)co2)=C1. The predicted octanol–water partition coefficient (Wildman–Crippen LogP) is 6.32. The van der Waals surface area contributed by atoms with Gasteiger partial charge in [0.2, 0.25) is 5.89 Å². The fourth-order valence-electron chi connectivity index (χ4n) is 4.01. The van der Waals surface area contributed by atoms with Crippen LogP contribution in [0.4, 0.5) is 0 Å². The van der Waals surface area contributed by atoms with Crippen molar-refractivity contribution in [3.05, 3.63) is 70.3 Å². The lowest BCUT2D eigenvalue weighted by atomic mass is 9.67. The van der Waals surface area contributed by atoms with Gasteiger partial charge in [-0.15, -0.1) is 0 Å². The summed E-state index contributed by atoms with van der Waals surface area (Å²) in [4.78, 5) is 17.1. The Labute approximate surface area is 228 Å². The molecule has 2 N–H and O–H groups in total. The van der Waals surface area contributed by atoms with Crippen molar-refractivity contribution in [2.75, 3.05) is 6.61 Å². The quantitative estimate of drug-likeness (QED) is 0.329. The Morgan fingerprint density at radius 3 is 2.51 bits per heavy atom. The summed E-state index contributed by atoms with van der Waals surface area (Å²) in [5, 5.41) is 14.1. The lowest BCUT2D eigenvalue weighted by Gasteiger charge is -2.42. The van der Waals surface area contributed by atoms with Gasteiger partial charge < -0.3 is 19.6 Å². The van der Waals surface area contributed by atoms with Crippen LogP contribution in [0.1, 0.15) is 65.1 Å². The van der Waals surface area contributed by atoms with E-state index in [1.165, 1.54) is 11.8 Å². The number of carbonyl (C=O) groups is 1. The van der Waals surface area contributed by atoms with Crippen molar-refractivity contribution in [3.8, 4) is 5.75 Å². The molecule has 8 heteroatoms. The molecule has 0 bridgehead atoms. The highest BCUT2D eigenvalue weighted by atomic mass is 32.2. The van der Waals surface area contributed by atoms with Gasteiger partial charge >= 0.3 is 0 Å². The number of thiocarbonyl (C=S) groups is 1. The molecule has 1 aromatic carbocycles. The van der Waals surface area contributed by atoms with Gasteiger partial charge in [0.15, 0.2) is 0 Å². The summed E-state index contributed by atoms with van der Waals surface area (Å²) in [7, 11) is 0. The number of allylic oxidation sites excluding steroid dienone is 2. The number of nitrogens with zero attached hydrogens (tertiary/aromatic N) is 1. The largest absolute Gasteiger partial charge is 0.493 e. The Kier molecular flexibility index (Phi) is 7.57. The number of rotatable bonds is 6. The average molecular weight is 539 g/mol. The summed E-state index contributed by atoms with van der Waals surface area (Å²) in [6, 6.07) is 7.55. The molecule has 0 saturated carbocycles. The molecule has 37 heavy (non-hydrogen) atoms. The summed E-state index contributed by atoms with van der Waals surface area (Å²) < 4.78 is 12.2. The summed E-state index contributed by atoms with van der Waals surface area (Å²) in [6.45, 7) is 13.0. The molecule has 0 spiro atoms. The number of thioether (sulfide) groups is 1. The molecule has 196 valence electrons. The molecule has 1 saturated heterocycles. The molecule has 2 aromatic rings. The number of hydrogen-bond acceptors (Lipinski definition) is 7. The van der Waals surface area contributed by atoms with Gasteiger partial charge in [-0.25, -0.2) is 4.98 Å². The number of hydrogen-bond donors (Lipinski definition) is 2. The first-order valence-electron chi connectivity index (χ1n) is 12.3. The second-order valence-corrected chi connectivity index (χ2v) is 13.3. The maximum absolute atomic E-state index is 11.8. The Morgan fingerprint density at radius 1 is 1.22 bits per heavy atom. The van der Waals surface area contributed by atoms with Gasteiger partial charge in [0, 0.05) is 18.4 Å². The lowest BCUT2D eigenvalue weighted by Crippen LogP contribution is -2.43. The summed E-state index contributed by atoms with van der Waals surface area (Å²) in [5.74, 6) is 1.10. The highest BCUT2D eigenvalue weighted by molar-refractivity contribution is 8.26. The fourth-order valence-corrected chi connectivity index (χ4v) is 5.05. The summed E-state index contributed by atoms with van der Waals surface area (Å²) in [5.41, 5.74) is 2.22. The Bertz CT molecular complexity index is 1290. The molecule has 1 aliphatic heterocycles. The van der Waals surface area contributed by atoms with Crippen LogP contribution >= 0.6 is 24.0 Å². The predicted molar refractivity (Wildman–Crippen MR) is 153 cm³/mol. The first-order valence-corrected chi connectivity index (χ1v) is 13.5. The number of amides is 1. The molecule has 1 aliphatic carbocycles. The second kappa shape index (κ2) is 10.2. The maximum atomic E-state index is 11.8. The molecule has 1 fully saturated rings. The highest BCUT2D eigenvalue weighted by Crippen LogP contribution is 2.46. The number of aromatic nitrogens is 1. The zero-order valence-electron chi connectivity index (χ0n) is 22.2. The molecule has 2 heterocycles. The van der Waals surface area contributed by atoms with Crippen LogP contribution in [0.2, 0.25) is 0 Å². The molecular weight excluding hydrogens is 504 g/mol. The van der Waals surface area contributed by atoms with Crippen molar-refractivity contribution in [1.29, 1.82) is 0 Å². The van der Waals surface area contributed by atoms with Gasteiger partial charge in [0.05, 0.1) is 22.8 Å². The van der Waals surface area contributed by atoms with Gasteiger partial charge in [-0.3, -0.25) is 4.79 Å². The van der Waals surface area contributed by atoms with E-state index in [0.717, 1.165) is 28.2 Å². The van der Waals surface area contributed by atoms with Gasteiger partial charge in [-0.05, 0) is 52.3 Å². The van der Waals surface area contributed by atoms with E-state index in [0.29, 0.717) is 34.6 Å². The van der Waals surface area contributed by atoms with E-state index >= 15 is 0 Å². The molecule has 1 atom stereocenters. The molecule has 1 unspecified atom stereocenters. The summed E-state index contributed by atoms with van der Waals surface area (Å²) >= 11 is 6.29. The van der Waals surface area contributed by atoms with Crippen molar-refractivity contribution in [2.24, 2.45) is 10.8 Å². The monoisotopic (exact) mass is 538 g/mol. The van der Waals surface area contributed by atoms with E-state index < -0.39 is 5.60 Å². The van der Waals surface area contributed by atoms with Crippen LogP contribution in [-0.4, -0.2) is 32.5 Å². The van der Waals surface area contributed by atoms with Gasteiger partial charge in [0.25, 0.3) is 5.91 Å². The molecule has 2 aliphatic rings.